The molecule has 0 saturated carbocycles. The van der Waals surface area contributed by atoms with Crippen molar-refractivity contribution in [3.8, 4) is 11.1 Å². The van der Waals surface area contributed by atoms with Crippen molar-refractivity contribution in [2.45, 2.75) is 26.6 Å². The molecule has 124 valence electrons. The molecular formula is C20H22FN3. The Morgan fingerprint density at radius 3 is 2.71 bits per heavy atom. The Labute approximate surface area is 141 Å². The smallest absolute Gasteiger partial charge is 0.125 e. The maximum Gasteiger partial charge on any atom is 0.125 e. The molecule has 1 aliphatic heterocycles. The Morgan fingerprint density at radius 1 is 1.12 bits per heavy atom. The Hall–Kier alpha value is -2.20. The molecule has 2 aromatic heterocycles. The van der Waals surface area contributed by atoms with Crippen LogP contribution in [0.4, 0.5) is 4.39 Å². The molecule has 1 aliphatic rings. The van der Waals surface area contributed by atoms with Gasteiger partial charge < -0.3 is 4.57 Å². The van der Waals surface area contributed by atoms with Crippen molar-refractivity contribution in [1.29, 1.82) is 0 Å². The van der Waals surface area contributed by atoms with Gasteiger partial charge in [-0.3, -0.25) is 9.88 Å². The highest BCUT2D eigenvalue weighted by Gasteiger charge is 2.25. The van der Waals surface area contributed by atoms with Crippen LogP contribution in [0, 0.1) is 13.8 Å². The number of alkyl halides is 1. The summed E-state index contributed by atoms with van der Waals surface area (Å²) in [6.07, 6.45) is 3.48. The fraction of sp³-hybridized carbons (Fsp3) is 0.350. The van der Waals surface area contributed by atoms with Crippen LogP contribution >= 0.6 is 0 Å². The molecule has 0 spiro atoms. The van der Waals surface area contributed by atoms with E-state index in [9.17, 15) is 4.39 Å². The van der Waals surface area contributed by atoms with E-state index in [1.165, 1.54) is 16.7 Å². The van der Waals surface area contributed by atoms with Crippen LogP contribution in [0.3, 0.4) is 0 Å². The van der Waals surface area contributed by atoms with E-state index in [0.717, 1.165) is 29.7 Å². The first-order chi connectivity index (χ1) is 11.6. The molecular weight excluding hydrogens is 301 g/mol. The van der Waals surface area contributed by atoms with E-state index in [1.807, 2.05) is 6.20 Å². The number of halogens is 1. The fourth-order valence-corrected chi connectivity index (χ4v) is 3.45. The van der Waals surface area contributed by atoms with Gasteiger partial charge in [-0.1, -0.05) is 29.8 Å². The van der Waals surface area contributed by atoms with Crippen molar-refractivity contribution < 1.29 is 4.39 Å². The summed E-state index contributed by atoms with van der Waals surface area (Å²) in [6, 6.07) is 10.7. The molecule has 4 heteroatoms. The zero-order valence-corrected chi connectivity index (χ0v) is 14.2. The van der Waals surface area contributed by atoms with E-state index in [2.05, 4.69) is 64.8 Å². The van der Waals surface area contributed by atoms with Crippen LogP contribution in [-0.4, -0.2) is 40.3 Å². The number of benzene rings is 1. The van der Waals surface area contributed by atoms with E-state index in [1.54, 1.807) is 0 Å². The number of hydrogen-bond donors (Lipinski definition) is 0. The molecule has 1 saturated heterocycles. The number of aryl methyl sites for hydroxylation is 2. The lowest BCUT2D eigenvalue weighted by molar-refractivity contribution is 0.0631. The molecule has 3 nitrogen and oxygen atoms in total. The summed E-state index contributed by atoms with van der Waals surface area (Å²) in [4.78, 5) is 6.84. The van der Waals surface area contributed by atoms with Gasteiger partial charge in [0.2, 0.25) is 0 Å². The second kappa shape index (κ2) is 6.02. The Kier molecular flexibility index (Phi) is 3.85. The molecule has 0 aliphatic carbocycles. The predicted molar refractivity (Wildman–Crippen MR) is 96.0 cm³/mol. The van der Waals surface area contributed by atoms with E-state index in [4.69, 9.17) is 0 Å². The average molecular weight is 323 g/mol. The highest BCUT2D eigenvalue weighted by Crippen LogP contribution is 2.26. The summed E-state index contributed by atoms with van der Waals surface area (Å²) in [5.41, 5.74) is 6.98. The Bertz CT molecular complexity index is 878. The lowest BCUT2D eigenvalue weighted by Gasteiger charge is -2.34. The molecule has 0 unspecified atom stereocenters. The van der Waals surface area contributed by atoms with Crippen molar-refractivity contribution in [3.63, 3.8) is 0 Å². The Balaban J connectivity index is 1.65. The molecule has 0 amide bonds. The monoisotopic (exact) mass is 323 g/mol. The summed E-state index contributed by atoms with van der Waals surface area (Å²) >= 11 is 0. The quantitative estimate of drug-likeness (QED) is 0.724. The fourth-order valence-electron chi connectivity index (χ4n) is 3.45. The minimum atomic E-state index is -0.636. The van der Waals surface area contributed by atoms with Crippen LogP contribution in [0.2, 0.25) is 0 Å². The van der Waals surface area contributed by atoms with Gasteiger partial charge in [-0.25, -0.2) is 4.39 Å². The lowest BCUT2D eigenvalue weighted by atomic mass is 10.0. The van der Waals surface area contributed by atoms with Crippen LogP contribution in [-0.2, 0) is 6.54 Å². The van der Waals surface area contributed by atoms with Crippen molar-refractivity contribution in [2.75, 3.05) is 19.6 Å². The van der Waals surface area contributed by atoms with Gasteiger partial charge in [0.05, 0.1) is 11.0 Å². The van der Waals surface area contributed by atoms with Gasteiger partial charge in [-0.15, -0.1) is 0 Å². The van der Waals surface area contributed by atoms with Crippen LogP contribution in [0.25, 0.3) is 22.2 Å². The maximum atomic E-state index is 13.0. The largest absolute Gasteiger partial charge is 0.345 e. The molecule has 0 atom stereocenters. The summed E-state index contributed by atoms with van der Waals surface area (Å²) in [5, 5.41) is 0. The van der Waals surface area contributed by atoms with Gasteiger partial charge in [-0.05, 0) is 31.0 Å². The predicted octanol–water partition coefficient (Wildman–Crippen LogP) is 3.97. The van der Waals surface area contributed by atoms with Gasteiger partial charge in [0.1, 0.15) is 6.17 Å². The summed E-state index contributed by atoms with van der Waals surface area (Å²) < 4.78 is 15.2. The first-order valence-corrected chi connectivity index (χ1v) is 8.49. The summed E-state index contributed by atoms with van der Waals surface area (Å²) in [7, 11) is 0. The highest BCUT2D eigenvalue weighted by molar-refractivity contribution is 5.84. The minimum absolute atomic E-state index is 0.574. The second-order valence-corrected chi connectivity index (χ2v) is 6.82. The topological polar surface area (TPSA) is 21.1 Å². The SMILES string of the molecule is Cc1cccc(-c2cnc3c(C)cn(CCN4CC(F)C4)c3c2)c1. The number of likely N-dealkylation sites (tertiary alicyclic amines) is 1. The summed E-state index contributed by atoms with van der Waals surface area (Å²) in [5.74, 6) is 0. The molecule has 4 rings (SSSR count). The average Bonchev–Trinajstić information content (AvgIpc) is 2.86. The molecule has 0 bridgehead atoms. The van der Waals surface area contributed by atoms with Gasteiger partial charge in [0.15, 0.2) is 0 Å². The van der Waals surface area contributed by atoms with Crippen LogP contribution < -0.4 is 0 Å². The standard InChI is InChI=1S/C20H22FN3/c1-14-4-3-5-16(8-14)17-9-19-20(22-10-17)15(2)11-24(19)7-6-23-12-18(21)13-23/h3-5,8-11,18H,6-7,12-13H2,1-2H3. The molecule has 3 aromatic rings. The van der Waals surface area contributed by atoms with Gasteiger partial charge in [0.25, 0.3) is 0 Å². The number of pyridine rings is 1. The molecule has 24 heavy (non-hydrogen) atoms. The third kappa shape index (κ3) is 2.82. The highest BCUT2D eigenvalue weighted by atomic mass is 19.1. The van der Waals surface area contributed by atoms with Crippen molar-refractivity contribution in [2.24, 2.45) is 0 Å². The van der Waals surface area contributed by atoms with E-state index in [-0.39, 0.29) is 0 Å². The second-order valence-electron chi connectivity index (χ2n) is 6.82. The molecule has 1 fully saturated rings. The van der Waals surface area contributed by atoms with Crippen molar-refractivity contribution >= 4 is 11.0 Å². The van der Waals surface area contributed by atoms with Gasteiger partial charge in [0, 0.05) is 44.1 Å². The normalized spacial score (nSPS) is 15.8. The summed E-state index contributed by atoms with van der Waals surface area (Å²) in [6.45, 7) is 7.11. The first kappa shape index (κ1) is 15.3. The molecule has 0 N–H and O–H groups in total. The van der Waals surface area contributed by atoms with Gasteiger partial charge >= 0.3 is 0 Å². The van der Waals surface area contributed by atoms with E-state index >= 15 is 0 Å². The molecule has 1 aromatic carbocycles. The zero-order chi connectivity index (χ0) is 16.7. The zero-order valence-electron chi connectivity index (χ0n) is 14.2. The number of aromatic nitrogens is 2. The van der Waals surface area contributed by atoms with Crippen molar-refractivity contribution in [3.05, 3.63) is 53.9 Å². The molecule has 3 heterocycles. The third-order valence-corrected chi connectivity index (χ3v) is 4.82. The maximum absolute atomic E-state index is 13.0. The Morgan fingerprint density at radius 2 is 1.96 bits per heavy atom. The third-order valence-electron chi connectivity index (χ3n) is 4.82. The minimum Gasteiger partial charge on any atom is -0.345 e. The van der Waals surface area contributed by atoms with Crippen molar-refractivity contribution in [1.82, 2.24) is 14.5 Å². The van der Waals surface area contributed by atoms with Gasteiger partial charge in [-0.2, -0.15) is 0 Å². The van der Waals surface area contributed by atoms with E-state index < -0.39 is 6.17 Å². The number of rotatable bonds is 4. The number of hydrogen-bond acceptors (Lipinski definition) is 2. The van der Waals surface area contributed by atoms with Crippen LogP contribution in [0.1, 0.15) is 11.1 Å². The molecule has 0 radical (unpaired) electrons. The van der Waals surface area contributed by atoms with Crippen LogP contribution in [0.15, 0.2) is 42.7 Å². The first-order valence-electron chi connectivity index (χ1n) is 8.49. The van der Waals surface area contributed by atoms with E-state index in [0.29, 0.717) is 13.1 Å². The van der Waals surface area contributed by atoms with Crippen LogP contribution in [0.5, 0.6) is 0 Å². The lowest BCUT2D eigenvalue weighted by Crippen LogP contribution is -2.49. The number of nitrogens with zero attached hydrogens (tertiary/aromatic N) is 3. The number of fused-ring (bicyclic) bond motifs is 1.